The molecule has 1 aliphatic carbocycles. The topological polar surface area (TPSA) is 69.0 Å². The van der Waals surface area contributed by atoms with Crippen LogP contribution in [0.4, 0.5) is 0 Å². The molecule has 6 nitrogen and oxygen atoms in total. The summed E-state index contributed by atoms with van der Waals surface area (Å²) in [6, 6.07) is 7.32. The maximum Gasteiger partial charge on any atom is 0.251 e. The second-order valence-corrected chi connectivity index (χ2v) is 6.32. The van der Waals surface area contributed by atoms with E-state index >= 15 is 0 Å². The van der Waals surface area contributed by atoms with Gasteiger partial charge in [-0.3, -0.25) is 4.79 Å². The van der Waals surface area contributed by atoms with Gasteiger partial charge in [0.1, 0.15) is 12.7 Å². The van der Waals surface area contributed by atoms with Gasteiger partial charge in [-0.15, -0.1) is 0 Å². The number of carbonyl (C=O) groups is 1. The number of hydrogen-bond donors (Lipinski definition) is 1. The Morgan fingerprint density at radius 3 is 3.04 bits per heavy atom. The molecule has 0 saturated heterocycles. The van der Waals surface area contributed by atoms with E-state index in [0.29, 0.717) is 30.7 Å². The molecule has 0 spiro atoms. The molecular formula is C18H24N4O2. The Morgan fingerprint density at radius 1 is 1.38 bits per heavy atom. The van der Waals surface area contributed by atoms with Crippen molar-refractivity contribution < 1.29 is 9.53 Å². The van der Waals surface area contributed by atoms with E-state index in [4.69, 9.17) is 4.74 Å². The molecule has 3 rings (SSSR count). The molecule has 0 unspecified atom stereocenters. The van der Waals surface area contributed by atoms with Gasteiger partial charge >= 0.3 is 0 Å². The third-order valence-corrected chi connectivity index (χ3v) is 4.54. The Labute approximate surface area is 142 Å². The van der Waals surface area contributed by atoms with Crippen LogP contribution in [0.5, 0.6) is 0 Å². The van der Waals surface area contributed by atoms with Crippen LogP contribution in [0.25, 0.3) is 5.69 Å². The van der Waals surface area contributed by atoms with Gasteiger partial charge in [-0.2, -0.15) is 5.10 Å². The first-order chi connectivity index (χ1) is 11.7. The van der Waals surface area contributed by atoms with E-state index in [1.54, 1.807) is 23.1 Å². The van der Waals surface area contributed by atoms with Gasteiger partial charge in [-0.25, -0.2) is 9.67 Å². The summed E-state index contributed by atoms with van der Waals surface area (Å²) in [6.07, 6.45) is 8.34. The number of nitrogens with zero attached hydrogens (tertiary/aromatic N) is 3. The van der Waals surface area contributed by atoms with Crippen LogP contribution in [0.1, 0.15) is 43.0 Å². The fraction of sp³-hybridized carbons (Fsp3) is 0.500. The van der Waals surface area contributed by atoms with Crippen molar-refractivity contribution in [2.45, 2.75) is 38.7 Å². The van der Waals surface area contributed by atoms with E-state index < -0.39 is 0 Å². The fourth-order valence-electron chi connectivity index (χ4n) is 3.14. The molecule has 1 aromatic heterocycles. The summed E-state index contributed by atoms with van der Waals surface area (Å²) in [6.45, 7) is 3.33. The maximum atomic E-state index is 12.3. The average Bonchev–Trinajstić information content (AvgIpc) is 3.15. The second-order valence-electron chi connectivity index (χ2n) is 6.32. The van der Waals surface area contributed by atoms with Crippen molar-refractivity contribution in [2.75, 3.05) is 13.2 Å². The van der Waals surface area contributed by atoms with E-state index in [9.17, 15) is 4.79 Å². The highest BCUT2D eigenvalue weighted by Gasteiger charge is 2.21. The van der Waals surface area contributed by atoms with E-state index in [0.717, 1.165) is 12.1 Å². The van der Waals surface area contributed by atoms with Gasteiger partial charge in [-0.1, -0.05) is 25.8 Å². The van der Waals surface area contributed by atoms with Crippen LogP contribution in [-0.2, 0) is 4.74 Å². The Morgan fingerprint density at radius 2 is 2.25 bits per heavy atom. The lowest BCUT2D eigenvalue weighted by molar-refractivity contribution is -0.00293. The smallest absolute Gasteiger partial charge is 0.251 e. The fourth-order valence-corrected chi connectivity index (χ4v) is 3.14. The zero-order valence-corrected chi connectivity index (χ0v) is 14.0. The molecule has 1 saturated carbocycles. The lowest BCUT2D eigenvalue weighted by Crippen LogP contribution is -2.31. The van der Waals surface area contributed by atoms with Crippen LogP contribution in [0.15, 0.2) is 36.9 Å². The predicted molar refractivity (Wildman–Crippen MR) is 91.1 cm³/mol. The van der Waals surface area contributed by atoms with E-state index in [-0.39, 0.29) is 5.91 Å². The van der Waals surface area contributed by atoms with Gasteiger partial charge in [0.15, 0.2) is 0 Å². The van der Waals surface area contributed by atoms with Gasteiger partial charge in [0.2, 0.25) is 0 Å². The van der Waals surface area contributed by atoms with Crippen molar-refractivity contribution in [1.29, 1.82) is 0 Å². The zero-order chi connectivity index (χ0) is 16.8. The molecule has 1 N–H and O–H groups in total. The van der Waals surface area contributed by atoms with Gasteiger partial charge in [0, 0.05) is 12.1 Å². The first-order valence-electron chi connectivity index (χ1n) is 8.59. The van der Waals surface area contributed by atoms with Crippen molar-refractivity contribution in [2.24, 2.45) is 5.92 Å². The molecule has 0 bridgehead atoms. The van der Waals surface area contributed by atoms with Crippen molar-refractivity contribution in [3.05, 3.63) is 42.5 Å². The summed E-state index contributed by atoms with van der Waals surface area (Å²) in [5.74, 6) is 0.520. The van der Waals surface area contributed by atoms with Crippen molar-refractivity contribution in [3.63, 3.8) is 0 Å². The summed E-state index contributed by atoms with van der Waals surface area (Å²) >= 11 is 0. The molecule has 0 aliphatic heterocycles. The zero-order valence-electron chi connectivity index (χ0n) is 14.0. The normalized spacial score (nSPS) is 20.7. The molecule has 6 heteroatoms. The monoisotopic (exact) mass is 328 g/mol. The summed E-state index contributed by atoms with van der Waals surface area (Å²) in [5.41, 5.74) is 1.42. The minimum absolute atomic E-state index is 0.0998. The summed E-state index contributed by atoms with van der Waals surface area (Å²) in [4.78, 5) is 16.2. The standard InChI is InChI=1S/C18H24N4O2/c1-14-5-2-3-8-17(14)24-10-9-20-18(23)15-6-4-7-16(11-15)22-13-19-12-21-22/h4,6-7,11-14,17H,2-3,5,8-10H2,1H3,(H,20,23)/t14-,17+/m1/s1. The van der Waals surface area contributed by atoms with Gasteiger partial charge in [-0.05, 0) is 37.0 Å². The molecule has 1 aromatic carbocycles. The van der Waals surface area contributed by atoms with Crippen molar-refractivity contribution >= 4 is 5.91 Å². The highest BCUT2D eigenvalue weighted by atomic mass is 16.5. The number of nitrogens with one attached hydrogen (secondary N) is 1. The Hall–Kier alpha value is -2.21. The van der Waals surface area contributed by atoms with Crippen LogP contribution in [0.3, 0.4) is 0 Å². The number of hydrogen-bond acceptors (Lipinski definition) is 4. The largest absolute Gasteiger partial charge is 0.376 e. The highest BCUT2D eigenvalue weighted by Crippen LogP contribution is 2.25. The molecule has 1 aliphatic rings. The molecule has 24 heavy (non-hydrogen) atoms. The Bertz CT molecular complexity index is 657. The first-order valence-corrected chi connectivity index (χ1v) is 8.59. The van der Waals surface area contributed by atoms with E-state index in [1.807, 2.05) is 12.1 Å². The quantitative estimate of drug-likeness (QED) is 0.828. The maximum absolute atomic E-state index is 12.3. The molecule has 2 atom stereocenters. The number of carbonyl (C=O) groups excluding carboxylic acids is 1. The van der Waals surface area contributed by atoms with Crippen LogP contribution in [0.2, 0.25) is 0 Å². The minimum Gasteiger partial charge on any atom is -0.376 e. The van der Waals surface area contributed by atoms with Crippen molar-refractivity contribution in [3.8, 4) is 5.69 Å². The third-order valence-electron chi connectivity index (χ3n) is 4.54. The van der Waals surface area contributed by atoms with Gasteiger partial charge < -0.3 is 10.1 Å². The Kier molecular flexibility index (Phi) is 5.59. The number of ether oxygens (including phenoxy) is 1. The Balaban J connectivity index is 1.48. The average molecular weight is 328 g/mol. The summed E-state index contributed by atoms with van der Waals surface area (Å²) in [7, 11) is 0. The van der Waals surface area contributed by atoms with Crippen LogP contribution < -0.4 is 5.32 Å². The summed E-state index contributed by atoms with van der Waals surface area (Å²) < 4.78 is 7.56. The first kappa shape index (κ1) is 16.6. The highest BCUT2D eigenvalue weighted by molar-refractivity contribution is 5.94. The number of amides is 1. The molecule has 0 radical (unpaired) electrons. The SMILES string of the molecule is C[C@@H]1CCCC[C@@H]1OCCNC(=O)c1cccc(-n2cncn2)c1. The van der Waals surface area contributed by atoms with Crippen molar-refractivity contribution in [1.82, 2.24) is 20.1 Å². The summed E-state index contributed by atoms with van der Waals surface area (Å²) in [5, 5.41) is 6.99. The third kappa shape index (κ3) is 4.20. The molecule has 1 fully saturated rings. The minimum atomic E-state index is -0.0998. The lowest BCUT2D eigenvalue weighted by atomic mass is 9.88. The number of benzene rings is 1. The van der Waals surface area contributed by atoms with E-state index in [2.05, 4.69) is 22.3 Å². The van der Waals surface area contributed by atoms with Gasteiger partial charge in [0.05, 0.1) is 18.4 Å². The number of rotatable bonds is 6. The van der Waals surface area contributed by atoms with E-state index in [1.165, 1.54) is 25.6 Å². The molecule has 128 valence electrons. The van der Waals surface area contributed by atoms with Crippen LogP contribution in [0, 0.1) is 5.92 Å². The molecule has 1 amide bonds. The number of aromatic nitrogens is 3. The molecule has 1 heterocycles. The lowest BCUT2D eigenvalue weighted by Gasteiger charge is -2.28. The predicted octanol–water partition coefficient (Wildman–Crippen LogP) is 2.59. The second kappa shape index (κ2) is 8.06. The molecule has 2 aromatic rings. The molecular weight excluding hydrogens is 304 g/mol. The van der Waals surface area contributed by atoms with Crippen LogP contribution in [-0.4, -0.2) is 39.9 Å². The van der Waals surface area contributed by atoms with Crippen LogP contribution >= 0.6 is 0 Å². The van der Waals surface area contributed by atoms with Gasteiger partial charge in [0.25, 0.3) is 5.91 Å².